The molecule has 0 radical (unpaired) electrons. The van der Waals surface area contributed by atoms with Gasteiger partial charge in [0.15, 0.2) is 17.2 Å². The Morgan fingerprint density at radius 1 is 1.15 bits per heavy atom. The van der Waals surface area contributed by atoms with Gasteiger partial charge in [0.2, 0.25) is 21.9 Å². The van der Waals surface area contributed by atoms with Gasteiger partial charge in [0.25, 0.3) is 5.91 Å². The predicted molar refractivity (Wildman–Crippen MR) is 122 cm³/mol. The summed E-state index contributed by atoms with van der Waals surface area (Å²) in [5.41, 5.74) is 1.84. The van der Waals surface area contributed by atoms with Gasteiger partial charge in [0.1, 0.15) is 0 Å². The fourth-order valence-corrected chi connectivity index (χ4v) is 4.54. The van der Waals surface area contributed by atoms with Gasteiger partial charge in [-0.2, -0.15) is 4.98 Å². The van der Waals surface area contributed by atoms with Gasteiger partial charge in [-0.1, -0.05) is 6.07 Å². The highest BCUT2D eigenvalue weighted by molar-refractivity contribution is 7.88. The number of hydrogen-bond acceptors (Lipinski definition) is 9. The molecule has 1 saturated heterocycles. The summed E-state index contributed by atoms with van der Waals surface area (Å²) < 4.78 is 26.3. The second-order valence-corrected chi connectivity index (χ2v) is 10.4. The van der Waals surface area contributed by atoms with Gasteiger partial charge < -0.3 is 16.0 Å². The molecule has 4 heterocycles. The topological polar surface area (TPSA) is 164 Å². The van der Waals surface area contributed by atoms with Crippen LogP contribution in [0.4, 0.5) is 17.5 Å². The van der Waals surface area contributed by atoms with Crippen molar-refractivity contribution >= 4 is 44.9 Å². The van der Waals surface area contributed by atoms with Gasteiger partial charge in [-0.05, 0) is 24.5 Å². The largest absolute Gasteiger partial charge is 0.354 e. The zero-order valence-electron chi connectivity index (χ0n) is 18.5. The first kappa shape index (κ1) is 22.2. The lowest BCUT2D eigenvalue weighted by atomic mass is 9.95. The lowest BCUT2D eigenvalue weighted by molar-refractivity contribution is -0.117. The molecular formula is C20H23N9O4S. The third-order valence-corrected chi connectivity index (χ3v) is 7.06. The summed E-state index contributed by atoms with van der Waals surface area (Å²) in [6, 6.07) is 5.21. The number of nitrogens with one attached hydrogen (secondary N) is 3. The van der Waals surface area contributed by atoms with E-state index in [0.717, 1.165) is 18.4 Å². The molecule has 0 unspecified atom stereocenters. The van der Waals surface area contributed by atoms with Crippen LogP contribution in [0.15, 0.2) is 24.4 Å². The lowest BCUT2D eigenvalue weighted by Gasteiger charge is -2.37. The molecule has 0 atom stereocenters. The van der Waals surface area contributed by atoms with E-state index in [1.54, 1.807) is 10.6 Å². The maximum Gasteiger partial charge on any atom is 0.273 e. The average molecular weight is 486 g/mol. The number of carbonyl (C=O) groups is 2. The van der Waals surface area contributed by atoms with Crippen molar-refractivity contribution in [3.05, 3.63) is 35.7 Å². The number of rotatable bonds is 7. The molecule has 1 saturated carbocycles. The van der Waals surface area contributed by atoms with Gasteiger partial charge in [0, 0.05) is 44.2 Å². The summed E-state index contributed by atoms with van der Waals surface area (Å²) in [6.07, 6.45) is 4.71. The Balaban J connectivity index is 1.38. The van der Waals surface area contributed by atoms with E-state index < -0.39 is 15.9 Å². The Morgan fingerprint density at radius 2 is 1.91 bits per heavy atom. The SMILES string of the molecule is CNC(=O)c1nnc(NC(=O)C2CC2)cc1Nc1nc2ccc(C3CN(S(C)(=O)=O)C3)cn2n1. The molecule has 0 spiro atoms. The number of sulfonamides is 1. The molecule has 1 aliphatic heterocycles. The van der Waals surface area contributed by atoms with E-state index in [4.69, 9.17) is 0 Å². The van der Waals surface area contributed by atoms with Crippen molar-refractivity contribution in [1.29, 1.82) is 0 Å². The molecule has 3 aromatic heterocycles. The molecule has 0 aromatic carbocycles. The zero-order valence-corrected chi connectivity index (χ0v) is 19.3. The van der Waals surface area contributed by atoms with E-state index in [9.17, 15) is 18.0 Å². The van der Waals surface area contributed by atoms with Crippen molar-refractivity contribution in [2.45, 2.75) is 18.8 Å². The molecule has 3 N–H and O–H groups in total. The Labute approximate surface area is 195 Å². The van der Waals surface area contributed by atoms with E-state index in [-0.39, 0.29) is 35.2 Å². The highest BCUT2D eigenvalue weighted by Crippen LogP contribution is 2.31. The molecule has 14 heteroatoms. The van der Waals surface area contributed by atoms with Gasteiger partial charge >= 0.3 is 0 Å². The maximum absolute atomic E-state index is 12.3. The number of aromatic nitrogens is 5. The second-order valence-electron chi connectivity index (χ2n) is 8.44. The van der Waals surface area contributed by atoms with Crippen molar-refractivity contribution in [2.75, 3.05) is 37.0 Å². The Hall–Kier alpha value is -3.65. The van der Waals surface area contributed by atoms with Crippen molar-refractivity contribution in [2.24, 2.45) is 5.92 Å². The van der Waals surface area contributed by atoms with Crippen LogP contribution in [0.25, 0.3) is 5.65 Å². The fraction of sp³-hybridized carbons (Fsp3) is 0.400. The minimum atomic E-state index is -3.19. The first-order valence-electron chi connectivity index (χ1n) is 10.7. The van der Waals surface area contributed by atoms with Crippen LogP contribution in [-0.4, -0.2) is 75.7 Å². The van der Waals surface area contributed by atoms with Gasteiger partial charge in [0.05, 0.1) is 11.9 Å². The van der Waals surface area contributed by atoms with Crippen LogP contribution in [-0.2, 0) is 14.8 Å². The van der Waals surface area contributed by atoms with Gasteiger partial charge in [-0.3, -0.25) is 9.59 Å². The fourth-order valence-electron chi connectivity index (χ4n) is 3.64. The van der Waals surface area contributed by atoms with Gasteiger partial charge in [-0.25, -0.2) is 17.2 Å². The minimum Gasteiger partial charge on any atom is -0.354 e. The molecule has 178 valence electrons. The van der Waals surface area contributed by atoms with Crippen LogP contribution in [0, 0.1) is 5.92 Å². The number of carbonyl (C=O) groups excluding carboxylic acids is 2. The highest BCUT2D eigenvalue weighted by atomic mass is 32.2. The summed E-state index contributed by atoms with van der Waals surface area (Å²) in [4.78, 5) is 28.8. The number of fused-ring (bicyclic) bond motifs is 1. The Morgan fingerprint density at radius 3 is 2.59 bits per heavy atom. The van der Waals surface area contributed by atoms with Crippen LogP contribution >= 0.6 is 0 Å². The third kappa shape index (κ3) is 4.41. The first-order chi connectivity index (χ1) is 16.2. The zero-order chi connectivity index (χ0) is 24.0. The third-order valence-electron chi connectivity index (χ3n) is 5.82. The standard InChI is InChI=1S/C20H23N9O4S/c1-21-19(31)17-14(7-15(25-26-17)23-18(30)11-3-4-11)22-20-24-16-6-5-12(10-29(16)27-20)13-8-28(9-13)34(2,32)33/h5-7,10-11,13H,3-4,8-9H2,1-2H3,(H,21,31)(H2,22,23,25,27,30). The van der Waals surface area contributed by atoms with Crippen LogP contribution in [0.1, 0.15) is 34.8 Å². The molecule has 2 aliphatic rings. The van der Waals surface area contributed by atoms with Crippen molar-refractivity contribution < 1.29 is 18.0 Å². The summed E-state index contributed by atoms with van der Waals surface area (Å²) in [7, 11) is -1.71. The second kappa shape index (κ2) is 8.29. The molecule has 13 nitrogen and oxygen atoms in total. The molecule has 2 amide bonds. The van der Waals surface area contributed by atoms with Gasteiger partial charge in [-0.15, -0.1) is 15.3 Å². The molecule has 3 aromatic rings. The first-order valence-corrected chi connectivity index (χ1v) is 12.6. The summed E-state index contributed by atoms with van der Waals surface area (Å²) >= 11 is 0. The summed E-state index contributed by atoms with van der Waals surface area (Å²) in [5.74, 6) is -0.0640. The number of amides is 2. The van der Waals surface area contributed by atoms with E-state index in [1.807, 2.05) is 12.3 Å². The number of nitrogens with zero attached hydrogens (tertiary/aromatic N) is 6. The predicted octanol–water partition coefficient (Wildman–Crippen LogP) is 0.330. The van der Waals surface area contributed by atoms with Crippen molar-refractivity contribution in [3.8, 4) is 0 Å². The maximum atomic E-state index is 12.3. The van der Waals surface area contributed by atoms with E-state index in [0.29, 0.717) is 24.4 Å². The van der Waals surface area contributed by atoms with Crippen LogP contribution < -0.4 is 16.0 Å². The molecular weight excluding hydrogens is 462 g/mol. The quantitative estimate of drug-likeness (QED) is 0.428. The molecule has 34 heavy (non-hydrogen) atoms. The molecule has 2 fully saturated rings. The molecule has 1 aliphatic carbocycles. The van der Waals surface area contributed by atoms with E-state index >= 15 is 0 Å². The van der Waals surface area contributed by atoms with E-state index in [1.165, 1.54) is 23.7 Å². The smallest absolute Gasteiger partial charge is 0.273 e. The molecule has 0 bridgehead atoms. The Kier molecular flexibility index (Phi) is 5.40. The minimum absolute atomic E-state index is 0.00805. The van der Waals surface area contributed by atoms with Crippen molar-refractivity contribution in [3.63, 3.8) is 0 Å². The number of pyridine rings is 1. The average Bonchev–Trinajstić information content (AvgIpc) is 3.52. The van der Waals surface area contributed by atoms with Crippen molar-refractivity contribution in [1.82, 2.24) is 34.4 Å². The van der Waals surface area contributed by atoms with E-state index in [2.05, 4.69) is 36.2 Å². The monoisotopic (exact) mass is 485 g/mol. The normalized spacial score (nSPS) is 16.8. The summed E-state index contributed by atoms with van der Waals surface area (Å²) in [5, 5.41) is 20.5. The number of hydrogen-bond donors (Lipinski definition) is 3. The highest BCUT2D eigenvalue weighted by Gasteiger charge is 2.34. The van der Waals surface area contributed by atoms with Crippen LogP contribution in [0.5, 0.6) is 0 Å². The number of anilines is 3. The molecule has 5 rings (SSSR count). The van der Waals surface area contributed by atoms with Crippen LogP contribution in [0.2, 0.25) is 0 Å². The summed E-state index contributed by atoms with van der Waals surface area (Å²) in [6.45, 7) is 0.856. The van der Waals surface area contributed by atoms with Crippen LogP contribution in [0.3, 0.4) is 0 Å². The lowest BCUT2D eigenvalue weighted by Crippen LogP contribution is -2.47. The Bertz CT molecular complexity index is 1390.